The number of hydrogen-bond acceptors (Lipinski definition) is 15. The molecule has 0 aliphatic heterocycles. The molecular weight excluding hydrogens is 559 g/mol. The minimum atomic E-state index is -6.45. The Bertz CT molecular complexity index is 1390. The van der Waals surface area contributed by atoms with E-state index in [2.05, 4.69) is 29.3 Å². The summed E-state index contributed by atoms with van der Waals surface area (Å²) >= 11 is 0. The van der Waals surface area contributed by atoms with Gasteiger partial charge in [-0.2, -0.15) is 0 Å². The van der Waals surface area contributed by atoms with Crippen molar-refractivity contribution in [2.75, 3.05) is 18.9 Å². The van der Waals surface area contributed by atoms with Crippen molar-refractivity contribution in [1.29, 1.82) is 0 Å². The Labute approximate surface area is 207 Å². The van der Waals surface area contributed by atoms with Gasteiger partial charge in [-0.05, 0) is 0 Å². The second kappa shape index (κ2) is 12.2. The topological polar surface area (TPSA) is 244 Å². The van der Waals surface area contributed by atoms with Crippen molar-refractivity contribution in [2.45, 2.75) is 19.6 Å². The van der Waals surface area contributed by atoms with Crippen molar-refractivity contribution >= 4 is 38.5 Å². The van der Waals surface area contributed by atoms with Crippen molar-refractivity contribution in [2.24, 2.45) is 5.92 Å². The number of nitrogens with zero attached hydrogens (tertiary/aromatic N) is 3. The number of hydrogen-bond donors (Lipinski definition) is 4. The molecule has 20 heteroatoms. The first-order valence-corrected chi connectivity index (χ1v) is 16.0. The molecule has 2 aromatic heterocycles. The first-order chi connectivity index (χ1) is 17.7. The molecule has 5 N–H and O–H groups in total. The van der Waals surface area contributed by atoms with Gasteiger partial charge in [-0.25, -0.2) is 0 Å². The van der Waals surface area contributed by atoms with Gasteiger partial charge in [0.25, 0.3) is 0 Å². The molecule has 0 radical (unpaired) electrons. The van der Waals surface area contributed by atoms with Crippen molar-refractivity contribution in [3.63, 3.8) is 0 Å². The summed E-state index contributed by atoms with van der Waals surface area (Å²) < 4.78 is 67.4. The Morgan fingerprint density at radius 1 is 1.11 bits per heavy atom. The molecule has 0 spiro atoms. The van der Waals surface area contributed by atoms with Gasteiger partial charge in [-0.15, -0.1) is 0 Å². The van der Waals surface area contributed by atoms with Gasteiger partial charge >= 0.3 is 207 Å². The summed E-state index contributed by atoms with van der Waals surface area (Å²) in [6.07, 6.45) is 1.45. The number of rotatable bonds is 15. The third-order valence-electron chi connectivity index (χ3n) is 5.11. The van der Waals surface area contributed by atoms with E-state index in [0.717, 1.165) is 5.56 Å². The average Bonchev–Trinajstić information content (AvgIpc) is 3.28. The summed E-state index contributed by atoms with van der Waals surface area (Å²) in [6.45, 7) is -6.99. The van der Waals surface area contributed by atoms with E-state index < -0.39 is 39.5 Å². The van der Waals surface area contributed by atoms with Crippen molar-refractivity contribution in [3.8, 4) is 0 Å². The van der Waals surface area contributed by atoms with Crippen molar-refractivity contribution < 1.29 is 52.4 Å². The molecule has 3 rings (SSSR count). The first kappa shape index (κ1) is 28.9. The maximum absolute atomic E-state index is 12.0. The monoisotopic (exact) mass is 581 g/mol. The van der Waals surface area contributed by atoms with E-state index in [1.165, 1.54) is 10.9 Å². The number of benzene rings is 1. The van der Waals surface area contributed by atoms with Crippen LogP contribution in [0.1, 0.15) is 12.0 Å². The molecule has 0 amide bonds. The van der Waals surface area contributed by atoms with Gasteiger partial charge in [0, 0.05) is 0 Å². The minimum absolute atomic E-state index is 0.0288. The predicted molar refractivity (Wildman–Crippen MR) is 125 cm³/mol. The Morgan fingerprint density at radius 3 is 2.43 bits per heavy atom. The fourth-order valence-corrected chi connectivity index (χ4v) is 7.70. The quantitative estimate of drug-likeness (QED) is 0.114. The number of anilines is 1. The maximum atomic E-state index is 12.0. The summed E-state index contributed by atoms with van der Waals surface area (Å²) in [5, 5.41) is 21.1. The van der Waals surface area contributed by atoms with Crippen molar-refractivity contribution in [3.05, 3.63) is 52.6 Å². The first-order valence-electron chi connectivity index (χ1n) is 10.3. The third-order valence-corrected chi connectivity index (χ3v) is 14.8. The number of aromatic amines is 1. The van der Waals surface area contributed by atoms with Gasteiger partial charge in [-0.1, -0.05) is 0 Å². The summed E-state index contributed by atoms with van der Waals surface area (Å²) in [7, 11) is -8.64. The van der Waals surface area contributed by atoms with Gasteiger partial charge in [0.15, 0.2) is 0 Å². The summed E-state index contributed by atoms with van der Waals surface area (Å²) in [6, 6.07) is 9.03. The molecule has 1 atom stereocenters. The van der Waals surface area contributed by atoms with E-state index in [1.807, 2.05) is 6.07 Å². The Morgan fingerprint density at radius 2 is 1.81 bits per heavy atom. The Balaban J connectivity index is 1.83. The molecule has 17 nitrogen and oxygen atoms in total. The number of H-pyrrole nitrogens is 1. The molecule has 0 aliphatic carbocycles. The van der Waals surface area contributed by atoms with Crippen LogP contribution in [0.2, 0.25) is 0 Å². The number of nitrogen functional groups attached to an aromatic ring is 1. The summed E-state index contributed by atoms with van der Waals surface area (Å²) in [4.78, 5) is 22.4. The normalized spacial score (nSPS) is 13.7. The molecule has 3 aromatic rings. The molecule has 0 bridgehead atoms. The zero-order chi connectivity index (χ0) is 27.1. The molecule has 0 saturated heterocycles. The number of aromatic nitrogens is 4. The zero-order valence-electron chi connectivity index (χ0n) is 18.8. The van der Waals surface area contributed by atoms with E-state index in [1.54, 1.807) is 24.3 Å². The Hall–Kier alpha value is -2.68. The van der Waals surface area contributed by atoms with Gasteiger partial charge in [0.1, 0.15) is 0 Å². The van der Waals surface area contributed by atoms with Gasteiger partial charge in [0.2, 0.25) is 0 Å². The van der Waals surface area contributed by atoms with E-state index in [4.69, 9.17) is 20.3 Å². The third kappa shape index (κ3) is 6.08. The standard InChI is InChI=1S/C17H22N5O12P3/c18-17-20-15-14(16(23)21-17)19-11-22(15)7-6-13(9-30-8-12-4-2-1-3-5-12)10-31-37(33-25,34-32-24,35(26)27)36(28)29/h1-5,11,13,24-25H,6-10H2,(H3,18,20,21,23)/t13-/m1/s1. The summed E-state index contributed by atoms with van der Waals surface area (Å²) in [5.74, 6) is -0.896. The summed E-state index contributed by atoms with van der Waals surface area (Å²) in [5.41, 5.74) is 6.07. The second-order valence-electron chi connectivity index (χ2n) is 7.52. The number of aryl methyl sites for hydroxylation is 1. The van der Waals surface area contributed by atoms with Crippen LogP contribution in [-0.2, 0) is 55.1 Å². The van der Waals surface area contributed by atoms with Gasteiger partial charge in [0.05, 0.1) is 0 Å². The van der Waals surface area contributed by atoms with Crippen molar-refractivity contribution in [1.82, 2.24) is 19.5 Å². The molecule has 1 aromatic carbocycles. The van der Waals surface area contributed by atoms with Crippen LogP contribution in [0, 0.1) is 5.92 Å². The van der Waals surface area contributed by atoms with Crippen LogP contribution < -0.4 is 11.3 Å². The Kier molecular flexibility index (Phi) is 9.56. The second-order valence-corrected chi connectivity index (χ2v) is 17.7. The van der Waals surface area contributed by atoms with E-state index in [9.17, 15) is 28.3 Å². The number of ether oxygens (including phenoxy) is 1. The molecule has 0 aliphatic rings. The van der Waals surface area contributed by atoms with E-state index in [-0.39, 0.29) is 43.3 Å². The molecule has 2 heterocycles. The van der Waals surface area contributed by atoms with E-state index >= 15 is 0 Å². The average molecular weight is 581 g/mol. The predicted octanol–water partition coefficient (Wildman–Crippen LogP) is 3.33. The number of nitrogens with one attached hydrogen (secondary N) is 1. The fraction of sp³-hybridized carbons (Fsp3) is 0.353. The fourth-order valence-electron chi connectivity index (χ4n) is 3.21. The van der Waals surface area contributed by atoms with Crippen LogP contribution >= 0.6 is 21.4 Å². The van der Waals surface area contributed by atoms with Crippen LogP contribution in [0.3, 0.4) is 0 Å². The number of nitrogens with two attached hydrogens (primary N) is 1. The van der Waals surface area contributed by atoms with Crippen LogP contribution in [0.15, 0.2) is 41.5 Å². The van der Waals surface area contributed by atoms with Gasteiger partial charge < -0.3 is 0 Å². The molecule has 0 fully saturated rings. The van der Waals surface area contributed by atoms with Crippen LogP contribution in [0.4, 0.5) is 5.95 Å². The van der Waals surface area contributed by atoms with Crippen LogP contribution in [0.5, 0.6) is 0 Å². The molecule has 0 saturated carbocycles. The molecular formula is C17H22N5O12P3. The number of fused-ring (bicyclic) bond motifs is 1. The molecule has 0 unspecified atom stereocenters. The number of imidazole rings is 1. The van der Waals surface area contributed by atoms with E-state index in [0.29, 0.717) is 0 Å². The molecule has 37 heavy (non-hydrogen) atoms. The van der Waals surface area contributed by atoms with Gasteiger partial charge in [-0.3, -0.25) is 0 Å². The SMILES string of the molecule is Nc1nc2c(ncn2CC[C@H](COCc2ccccc2)COP(OO)(OOO)(P(=O)=O)P(=O)=O)c(=O)[nH]1. The zero-order valence-corrected chi connectivity index (χ0v) is 21.5. The van der Waals surface area contributed by atoms with Crippen LogP contribution in [-0.4, -0.2) is 43.2 Å². The van der Waals surface area contributed by atoms with Crippen LogP contribution in [0.25, 0.3) is 11.2 Å². The molecule has 202 valence electrons.